The van der Waals surface area contributed by atoms with E-state index >= 15 is 0 Å². The Morgan fingerprint density at radius 3 is 2.48 bits per heavy atom. The summed E-state index contributed by atoms with van der Waals surface area (Å²) < 4.78 is 60.3. The van der Waals surface area contributed by atoms with Crippen LogP contribution in [-0.2, 0) is 9.47 Å². The molecule has 0 N–H and O–H groups in total. The third kappa shape index (κ3) is 3.92. The first-order chi connectivity index (χ1) is 9.85. The lowest BCUT2D eigenvalue weighted by Gasteiger charge is -2.32. The molecule has 1 aliphatic carbocycles. The molecule has 1 unspecified atom stereocenters. The highest BCUT2D eigenvalue weighted by Gasteiger charge is 2.43. The first kappa shape index (κ1) is 15.7. The number of alkyl halides is 3. The van der Waals surface area contributed by atoms with Gasteiger partial charge in [0, 0.05) is 18.6 Å². The van der Waals surface area contributed by atoms with Gasteiger partial charge < -0.3 is 4.74 Å². The molecule has 0 amide bonds. The average Bonchev–Trinajstić information content (AvgIpc) is 2.39. The van der Waals surface area contributed by atoms with Crippen LogP contribution in [0.5, 0.6) is 0 Å². The summed E-state index contributed by atoms with van der Waals surface area (Å²) in [6.45, 7) is 1.63. The Morgan fingerprint density at radius 2 is 1.95 bits per heavy atom. The Balaban J connectivity index is 2.23. The third-order valence-corrected chi connectivity index (χ3v) is 2.99. The van der Waals surface area contributed by atoms with Gasteiger partial charge in [-0.25, -0.2) is 4.39 Å². The van der Waals surface area contributed by atoms with E-state index < -0.39 is 18.0 Å². The second-order valence-electron chi connectivity index (χ2n) is 4.47. The van der Waals surface area contributed by atoms with E-state index in [1.807, 2.05) is 0 Å². The number of hydrogen-bond donors (Lipinski definition) is 0. The highest BCUT2D eigenvalue weighted by molar-refractivity contribution is 5.75. The van der Waals surface area contributed by atoms with Gasteiger partial charge in [-0.1, -0.05) is 30.4 Å². The van der Waals surface area contributed by atoms with Gasteiger partial charge in [0.1, 0.15) is 5.82 Å². The maximum atomic E-state index is 13.7. The summed E-state index contributed by atoms with van der Waals surface area (Å²) >= 11 is 0. The van der Waals surface area contributed by atoms with E-state index in [0.29, 0.717) is 11.1 Å². The normalized spacial score (nSPS) is 22.2. The molecule has 0 fully saturated rings. The zero-order valence-corrected chi connectivity index (χ0v) is 11.3. The topological polar surface area (TPSA) is 18.5 Å². The number of benzene rings is 1. The van der Waals surface area contributed by atoms with Gasteiger partial charge in [0.2, 0.25) is 5.79 Å². The molecule has 21 heavy (non-hydrogen) atoms. The van der Waals surface area contributed by atoms with Crippen molar-refractivity contribution in [2.24, 2.45) is 0 Å². The second kappa shape index (κ2) is 5.99. The molecule has 0 bridgehead atoms. The van der Waals surface area contributed by atoms with Crippen molar-refractivity contribution in [1.29, 1.82) is 0 Å². The lowest BCUT2D eigenvalue weighted by atomic mass is 9.96. The number of ether oxygens (including phenoxy) is 2. The summed E-state index contributed by atoms with van der Waals surface area (Å²) in [6.07, 6.45) is -0.946. The molecular formula is C15H14F4O2. The zero-order valence-electron chi connectivity index (χ0n) is 11.3. The zero-order chi connectivity index (χ0) is 15.5. The number of rotatable bonds is 4. The SMILES string of the molecule is CCOC1(OC(F)(F)F)C=CC(c2ccccc2F)=CC1. The van der Waals surface area contributed by atoms with Gasteiger partial charge in [0.15, 0.2) is 0 Å². The first-order valence-electron chi connectivity index (χ1n) is 6.40. The smallest absolute Gasteiger partial charge is 0.346 e. The monoisotopic (exact) mass is 302 g/mol. The standard InChI is InChI=1S/C15H14F4O2/c1-2-20-14(21-15(17,18)19)9-7-11(8-10-14)12-5-3-4-6-13(12)16/h3-9H,2,10H2,1H3. The van der Waals surface area contributed by atoms with Crippen LogP contribution in [0.1, 0.15) is 18.9 Å². The minimum atomic E-state index is -4.82. The maximum Gasteiger partial charge on any atom is 0.525 e. The number of hydrogen-bond acceptors (Lipinski definition) is 2. The Bertz CT molecular complexity index is 563. The van der Waals surface area contributed by atoms with Gasteiger partial charge in [0.05, 0.1) is 0 Å². The van der Waals surface area contributed by atoms with Crippen LogP contribution in [-0.4, -0.2) is 18.8 Å². The minimum Gasteiger partial charge on any atom is -0.346 e. The fourth-order valence-electron chi connectivity index (χ4n) is 2.15. The molecule has 0 aromatic heterocycles. The van der Waals surface area contributed by atoms with E-state index in [9.17, 15) is 17.6 Å². The van der Waals surface area contributed by atoms with E-state index in [0.717, 1.165) is 0 Å². The molecule has 0 saturated carbocycles. The lowest BCUT2D eigenvalue weighted by Crippen LogP contribution is -2.39. The molecule has 0 heterocycles. The summed E-state index contributed by atoms with van der Waals surface area (Å²) in [4.78, 5) is 0. The molecule has 1 aliphatic rings. The van der Waals surface area contributed by atoms with Crippen molar-refractivity contribution in [1.82, 2.24) is 0 Å². The van der Waals surface area contributed by atoms with Crippen molar-refractivity contribution >= 4 is 5.57 Å². The van der Waals surface area contributed by atoms with E-state index in [1.165, 1.54) is 24.3 Å². The maximum absolute atomic E-state index is 13.7. The van der Waals surface area contributed by atoms with Crippen molar-refractivity contribution in [3.05, 3.63) is 53.9 Å². The Kier molecular flexibility index (Phi) is 4.49. The van der Waals surface area contributed by atoms with Crippen molar-refractivity contribution in [3.63, 3.8) is 0 Å². The van der Waals surface area contributed by atoms with Gasteiger partial charge >= 0.3 is 6.36 Å². The molecular weight excluding hydrogens is 288 g/mol. The molecule has 0 aliphatic heterocycles. The molecule has 0 saturated heterocycles. The molecule has 0 radical (unpaired) electrons. The van der Waals surface area contributed by atoms with Gasteiger partial charge in [-0.2, -0.15) is 0 Å². The van der Waals surface area contributed by atoms with Crippen LogP contribution in [0.3, 0.4) is 0 Å². The van der Waals surface area contributed by atoms with Crippen LogP contribution >= 0.6 is 0 Å². The lowest BCUT2D eigenvalue weighted by molar-refractivity contribution is -0.402. The quantitative estimate of drug-likeness (QED) is 0.605. The molecule has 1 aromatic rings. The van der Waals surface area contributed by atoms with Crippen molar-refractivity contribution in [2.75, 3.05) is 6.61 Å². The van der Waals surface area contributed by atoms with Gasteiger partial charge in [-0.15, -0.1) is 13.2 Å². The summed E-state index contributed by atoms with van der Waals surface area (Å²) in [5.41, 5.74) is 0.819. The summed E-state index contributed by atoms with van der Waals surface area (Å²) in [7, 11) is 0. The van der Waals surface area contributed by atoms with Crippen LogP contribution in [0, 0.1) is 5.82 Å². The Hall–Kier alpha value is -1.66. The minimum absolute atomic E-state index is 0.0588. The van der Waals surface area contributed by atoms with Gasteiger partial charge in [0.25, 0.3) is 0 Å². The van der Waals surface area contributed by atoms with Crippen LogP contribution in [0.2, 0.25) is 0 Å². The van der Waals surface area contributed by atoms with E-state index in [2.05, 4.69) is 4.74 Å². The largest absolute Gasteiger partial charge is 0.525 e. The third-order valence-electron chi connectivity index (χ3n) is 2.99. The van der Waals surface area contributed by atoms with Gasteiger partial charge in [-0.3, -0.25) is 4.74 Å². The van der Waals surface area contributed by atoms with E-state index in [4.69, 9.17) is 4.74 Å². The van der Waals surface area contributed by atoms with Gasteiger partial charge in [-0.05, 0) is 24.6 Å². The highest BCUT2D eigenvalue weighted by Crippen LogP contribution is 2.35. The number of allylic oxidation sites excluding steroid dienone is 2. The predicted octanol–water partition coefficient (Wildman–Crippen LogP) is 4.44. The predicted molar refractivity (Wildman–Crippen MR) is 69.6 cm³/mol. The van der Waals surface area contributed by atoms with Crippen LogP contribution in [0.15, 0.2) is 42.5 Å². The first-order valence-corrected chi connectivity index (χ1v) is 6.40. The van der Waals surface area contributed by atoms with E-state index in [-0.39, 0.29) is 13.0 Å². The summed E-state index contributed by atoms with van der Waals surface area (Å²) in [5, 5.41) is 0. The molecule has 6 heteroatoms. The molecule has 0 spiro atoms. The van der Waals surface area contributed by atoms with Crippen LogP contribution < -0.4 is 0 Å². The summed E-state index contributed by atoms with van der Waals surface area (Å²) in [5.74, 6) is -2.32. The summed E-state index contributed by atoms with van der Waals surface area (Å²) in [6, 6.07) is 6.05. The second-order valence-corrected chi connectivity index (χ2v) is 4.47. The Labute approximate surface area is 119 Å². The molecule has 114 valence electrons. The number of halogens is 4. The molecule has 2 nitrogen and oxygen atoms in total. The van der Waals surface area contributed by atoms with Crippen molar-refractivity contribution in [2.45, 2.75) is 25.5 Å². The fourth-order valence-corrected chi connectivity index (χ4v) is 2.15. The van der Waals surface area contributed by atoms with Crippen molar-refractivity contribution < 1.29 is 27.0 Å². The van der Waals surface area contributed by atoms with E-state index in [1.54, 1.807) is 25.1 Å². The Morgan fingerprint density at radius 1 is 1.24 bits per heavy atom. The fraction of sp³-hybridized carbons (Fsp3) is 0.333. The average molecular weight is 302 g/mol. The van der Waals surface area contributed by atoms with Crippen molar-refractivity contribution in [3.8, 4) is 0 Å². The highest BCUT2D eigenvalue weighted by atomic mass is 19.4. The molecule has 2 rings (SSSR count). The molecule has 1 aromatic carbocycles. The van der Waals surface area contributed by atoms with Crippen LogP contribution in [0.4, 0.5) is 17.6 Å². The van der Waals surface area contributed by atoms with Crippen LogP contribution in [0.25, 0.3) is 5.57 Å². The molecule has 1 atom stereocenters.